The van der Waals surface area contributed by atoms with Crippen molar-refractivity contribution in [1.29, 1.82) is 0 Å². The standard InChI is InChI=1S/C26H31N5O2S/c1-3-13-33-21-9-5-7-18(14-21)17-28-26(34)12-6-8-20(16-26)31(4-2)25(32)24-29-22-11-10-19(27)15-23(22)30-24/h1,5,7,9-11,14-15,20,28,34H,4,6,8,12-13,16-17,27H2,2H3,(H,29,30)/t20-,26?/m0/s1. The molecule has 0 saturated heterocycles. The summed E-state index contributed by atoms with van der Waals surface area (Å²) in [4.78, 5) is 22.5. The van der Waals surface area contributed by atoms with Crippen molar-refractivity contribution in [2.24, 2.45) is 0 Å². The number of amides is 1. The van der Waals surface area contributed by atoms with Crippen LogP contribution in [0.5, 0.6) is 5.75 Å². The number of nitrogen functional groups attached to an aromatic ring is 1. The molecule has 1 fully saturated rings. The summed E-state index contributed by atoms with van der Waals surface area (Å²) in [7, 11) is 0. The Labute approximate surface area is 205 Å². The van der Waals surface area contributed by atoms with Crippen molar-refractivity contribution in [3.8, 4) is 18.1 Å². The van der Waals surface area contributed by atoms with Crippen molar-refractivity contribution in [2.75, 3.05) is 18.9 Å². The number of rotatable bonds is 8. The van der Waals surface area contributed by atoms with E-state index >= 15 is 0 Å². The van der Waals surface area contributed by atoms with Gasteiger partial charge < -0.3 is 20.4 Å². The second-order valence-corrected chi connectivity index (χ2v) is 9.58. The summed E-state index contributed by atoms with van der Waals surface area (Å²) >= 11 is 5.02. The van der Waals surface area contributed by atoms with E-state index < -0.39 is 0 Å². The number of nitrogens with one attached hydrogen (secondary N) is 2. The molecular formula is C26H31N5O2S. The van der Waals surface area contributed by atoms with E-state index in [9.17, 15) is 4.79 Å². The summed E-state index contributed by atoms with van der Waals surface area (Å²) < 4.78 is 5.53. The van der Waals surface area contributed by atoms with Crippen LogP contribution in [-0.4, -0.2) is 44.8 Å². The largest absolute Gasteiger partial charge is 0.481 e. The number of ether oxygens (including phenoxy) is 1. The lowest BCUT2D eigenvalue weighted by atomic mass is 9.88. The maximum Gasteiger partial charge on any atom is 0.289 e. The van der Waals surface area contributed by atoms with Crippen molar-refractivity contribution < 1.29 is 9.53 Å². The van der Waals surface area contributed by atoms with Gasteiger partial charge in [-0.25, -0.2) is 4.98 Å². The topological polar surface area (TPSA) is 96.3 Å². The zero-order valence-electron chi connectivity index (χ0n) is 19.4. The van der Waals surface area contributed by atoms with Gasteiger partial charge in [-0.3, -0.25) is 10.1 Å². The molecule has 1 aromatic heterocycles. The first-order valence-corrected chi connectivity index (χ1v) is 12.0. The summed E-state index contributed by atoms with van der Waals surface area (Å²) in [5, 5.41) is 3.61. The van der Waals surface area contributed by atoms with Crippen molar-refractivity contribution in [1.82, 2.24) is 20.2 Å². The number of hydrogen-bond donors (Lipinski definition) is 4. The Kier molecular flexibility index (Phi) is 7.35. The third kappa shape index (κ3) is 5.49. The number of anilines is 1. The van der Waals surface area contributed by atoms with Gasteiger partial charge in [0, 0.05) is 24.8 Å². The van der Waals surface area contributed by atoms with Gasteiger partial charge in [-0.2, -0.15) is 12.6 Å². The van der Waals surface area contributed by atoms with Crippen molar-refractivity contribution in [3.05, 3.63) is 53.9 Å². The number of carbonyl (C=O) groups is 1. The molecule has 0 aliphatic heterocycles. The predicted molar refractivity (Wildman–Crippen MR) is 139 cm³/mol. The summed E-state index contributed by atoms with van der Waals surface area (Å²) in [5.74, 6) is 3.48. The number of fused-ring (bicyclic) bond motifs is 1. The van der Waals surface area contributed by atoms with E-state index in [1.54, 1.807) is 12.1 Å². The quantitative estimate of drug-likeness (QED) is 0.170. The van der Waals surface area contributed by atoms with Crippen LogP contribution < -0.4 is 15.8 Å². The normalized spacial score (nSPS) is 20.1. The first kappa shape index (κ1) is 24.0. The molecule has 4 N–H and O–H groups in total. The molecule has 178 valence electrons. The third-order valence-corrected chi connectivity index (χ3v) is 6.86. The van der Waals surface area contributed by atoms with E-state index in [-0.39, 0.29) is 23.4 Å². The highest BCUT2D eigenvalue weighted by molar-refractivity contribution is 7.81. The number of hydrogen-bond acceptors (Lipinski definition) is 6. The number of nitrogens with two attached hydrogens (primary N) is 1. The number of terminal acetylenes is 1. The minimum absolute atomic E-state index is 0.0693. The molecule has 1 saturated carbocycles. The van der Waals surface area contributed by atoms with Gasteiger partial charge in [0.2, 0.25) is 0 Å². The molecule has 2 atom stereocenters. The van der Waals surface area contributed by atoms with E-state index in [0.717, 1.165) is 48.0 Å². The Hall–Kier alpha value is -3.15. The minimum Gasteiger partial charge on any atom is -0.481 e. The second-order valence-electron chi connectivity index (χ2n) is 8.73. The molecule has 2 aromatic carbocycles. The Morgan fingerprint density at radius 3 is 3.06 bits per heavy atom. The summed E-state index contributed by atoms with van der Waals surface area (Å²) in [6.45, 7) is 3.49. The van der Waals surface area contributed by atoms with Crippen LogP contribution in [0.3, 0.4) is 0 Å². The van der Waals surface area contributed by atoms with E-state index in [4.69, 9.17) is 29.5 Å². The highest BCUT2D eigenvalue weighted by Gasteiger charge is 2.37. The Balaban J connectivity index is 1.43. The molecule has 3 aromatic rings. The van der Waals surface area contributed by atoms with Crippen molar-refractivity contribution in [3.63, 3.8) is 0 Å². The highest BCUT2D eigenvalue weighted by Crippen LogP contribution is 2.35. The van der Waals surface area contributed by atoms with Gasteiger partial charge in [0.05, 0.1) is 15.9 Å². The monoisotopic (exact) mass is 477 g/mol. The van der Waals surface area contributed by atoms with E-state index in [1.807, 2.05) is 42.2 Å². The first-order valence-electron chi connectivity index (χ1n) is 11.6. The molecule has 34 heavy (non-hydrogen) atoms. The number of nitrogens with zero attached hydrogens (tertiary/aromatic N) is 2. The third-order valence-electron chi connectivity index (χ3n) is 6.29. The van der Waals surface area contributed by atoms with Gasteiger partial charge in [-0.15, -0.1) is 6.42 Å². The Morgan fingerprint density at radius 2 is 2.26 bits per heavy atom. The van der Waals surface area contributed by atoms with Gasteiger partial charge in [0.1, 0.15) is 12.4 Å². The number of aromatic amines is 1. The predicted octanol–water partition coefficient (Wildman–Crippen LogP) is 3.98. The average molecular weight is 478 g/mol. The molecule has 1 heterocycles. The molecule has 4 rings (SSSR count). The Bertz CT molecular complexity index is 1200. The molecule has 0 spiro atoms. The molecular weight excluding hydrogens is 446 g/mol. The molecule has 0 bridgehead atoms. The fourth-order valence-electron chi connectivity index (χ4n) is 4.62. The molecule has 1 aliphatic rings. The fourth-order valence-corrected chi connectivity index (χ4v) is 5.07. The number of imidazole rings is 1. The van der Waals surface area contributed by atoms with Crippen LogP contribution in [0.15, 0.2) is 42.5 Å². The summed E-state index contributed by atoms with van der Waals surface area (Å²) in [5.41, 5.74) is 9.09. The maximum absolute atomic E-state index is 13.4. The van der Waals surface area contributed by atoms with Crippen LogP contribution in [0.1, 0.15) is 48.8 Å². The number of thiol groups is 1. The van der Waals surface area contributed by atoms with Crippen molar-refractivity contribution >= 4 is 35.3 Å². The lowest BCUT2D eigenvalue weighted by Crippen LogP contribution is -2.51. The highest BCUT2D eigenvalue weighted by atomic mass is 32.1. The zero-order chi connectivity index (χ0) is 24.1. The smallest absolute Gasteiger partial charge is 0.289 e. The van der Waals surface area contributed by atoms with Crippen LogP contribution in [0.4, 0.5) is 5.69 Å². The lowest BCUT2D eigenvalue weighted by Gasteiger charge is -2.42. The fraction of sp³-hybridized carbons (Fsp3) is 0.385. The van der Waals surface area contributed by atoms with Crippen LogP contribution >= 0.6 is 12.6 Å². The van der Waals surface area contributed by atoms with E-state index in [0.29, 0.717) is 24.6 Å². The molecule has 1 aliphatic carbocycles. The van der Waals surface area contributed by atoms with E-state index in [2.05, 4.69) is 21.2 Å². The summed E-state index contributed by atoms with van der Waals surface area (Å²) in [6.07, 6.45) is 8.87. The number of benzene rings is 2. The maximum atomic E-state index is 13.4. The van der Waals surface area contributed by atoms with Gasteiger partial charge in [-0.05, 0) is 68.5 Å². The van der Waals surface area contributed by atoms with Crippen molar-refractivity contribution in [2.45, 2.75) is 50.1 Å². The molecule has 8 heteroatoms. The second kappa shape index (κ2) is 10.4. The first-order chi connectivity index (χ1) is 16.4. The van der Waals surface area contributed by atoms with Crippen LogP contribution in [0, 0.1) is 12.3 Å². The Morgan fingerprint density at radius 1 is 1.41 bits per heavy atom. The molecule has 0 radical (unpaired) electrons. The molecule has 7 nitrogen and oxygen atoms in total. The average Bonchev–Trinajstić information content (AvgIpc) is 3.26. The minimum atomic E-state index is -0.380. The van der Waals surface area contributed by atoms with Crippen LogP contribution in [0.25, 0.3) is 11.0 Å². The summed E-state index contributed by atoms with van der Waals surface area (Å²) in [6, 6.07) is 13.4. The number of H-pyrrole nitrogens is 1. The molecule has 1 unspecified atom stereocenters. The van der Waals surface area contributed by atoms with E-state index in [1.165, 1.54) is 0 Å². The van der Waals surface area contributed by atoms with Gasteiger partial charge in [0.25, 0.3) is 5.91 Å². The van der Waals surface area contributed by atoms with Gasteiger partial charge >= 0.3 is 0 Å². The van der Waals surface area contributed by atoms with Crippen LogP contribution in [-0.2, 0) is 6.54 Å². The molecule has 1 amide bonds. The number of aromatic nitrogens is 2. The zero-order valence-corrected chi connectivity index (χ0v) is 20.3. The van der Waals surface area contributed by atoms with Gasteiger partial charge in [0.15, 0.2) is 5.82 Å². The lowest BCUT2D eigenvalue weighted by molar-refractivity contribution is 0.0606. The number of carbonyl (C=O) groups excluding carboxylic acids is 1. The SMILES string of the molecule is C#CCOc1cccc(CNC2(S)CCC[C@H](N(CC)C(=O)c3nc4ccc(N)cc4[nH]3)C2)c1. The van der Waals surface area contributed by atoms with Crippen LogP contribution in [0.2, 0.25) is 0 Å². The van der Waals surface area contributed by atoms with Gasteiger partial charge in [-0.1, -0.05) is 18.1 Å².